The summed E-state index contributed by atoms with van der Waals surface area (Å²) in [5, 5.41) is 13.5. The molecular formula is C21H16FN7O. The maximum atomic E-state index is 12.9. The lowest BCUT2D eigenvalue weighted by Gasteiger charge is -2.03. The van der Waals surface area contributed by atoms with Crippen LogP contribution < -0.4 is 0 Å². The largest absolute Gasteiger partial charge is 0.387 e. The molecule has 0 amide bonds. The van der Waals surface area contributed by atoms with E-state index in [4.69, 9.17) is 4.84 Å². The van der Waals surface area contributed by atoms with Crippen LogP contribution in [0.1, 0.15) is 17.0 Å². The van der Waals surface area contributed by atoms with E-state index in [0.29, 0.717) is 17.1 Å². The van der Waals surface area contributed by atoms with Crippen LogP contribution in [0.3, 0.4) is 0 Å². The van der Waals surface area contributed by atoms with Crippen molar-refractivity contribution in [2.24, 2.45) is 5.16 Å². The van der Waals surface area contributed by atoms with E-state index in [1.807, 2.05) is 31.2 Å². The summed E-state index contributed by atoms with van der Waals surface area (Å²) in [5.41, 5.74) is 4.14. The van der Waals surface area contributed by atoms with Gasteiger partial charge >= 0.3 is 0 Å². The second kappa shape index (κ2) is 7.36. The highest BCUT2D eigenvalue weighted by molar-refractivity contribution is 5.89. The van der Waals surface area contributed by atoms with Crippen LogP contribution in [0.4, 0.5) is 4.39 Å². The predicted octanol–water partition coefficient (Wildman–Crippen LogP) is 3.46. The van der Waals surface area contributed by atoms with Crippen LogP contribution in [0.5, 0.6) is 0 Å². The van der Waals surface area contributed by atoms with E-state index in [1.54, 1.807) is 33.9 Å². The molecule has 0 N–H and O–H groups in total. The molecule has 148 valence electrons. The first-order chi connectivity index (χ1) is 14.7. The molecule has 5 aromatic rings. The van der Waals surface area contributed by atoms with E-state index in [9.17, 15) is 4.39 Å². The summed E-state index contributed by atoms with van der Waals surface area (Å²) < 4.78 is 16.3. The van der Waals surface area contributed by atoms with Crippen LogP contribution in [0, 0.1) is 12.7 Å². The van der Waals surface area contributed by atoms with Gasteiger partial charge in [-0.05, 0) is 42.3 Å². The van der Waals surface area contributed by atoms with E-state index >= 15 is 0 Å². The zero-order chi connectivity index (χ0) is 20.5. The Morgan fingerprint density at radius 1 is 1.13 bits per heavy atom. The molecule has 30 heavy (non-hydrogen) atoms. The van der Waals surface area contributed by atoms with Crippen molar-refractivity contribution < 1.29 is 9.23 Å². The highest BCUT2D eigenvalue weighted by Gasteiger charge is 2.13. The number of hydrogen-bond donors (Lipinski definition) is 0. The summed E-state index contributed by atoms with van der Waals surface area (Å²) in [6.45, 7) is 2.12. The van der Waals surface area contributed by atoms with E-state index < -0.39 is 0 Å². The Bertz CT molecular complexity index is 1370. The normalized spacial score (nSPS) is 11.7. The van der Waals surface area contributed by atoms with Crippen molar-refractivity contribution in [3.05, 3.63) is 83.8 Å². The first-order valence-electron chi connectivity index (χ1n) is 9.23. The highest BCUT2D eigenvalue weighted by atomic mass is 19.1. The Labute approximate surface area is 170 Å². The van der Waals surface area contributed by atoms with Crippen LogP contribution in [0.2, 0.25) is 0 Å². The van der Waals surface area contributed by atoms with Crippen LogP contribution in [-0.4, -0.2) is 35.6 Å². The topological polar surface area (TPSA) is 82.5 Å². The molecule has 5 rings (SSSR count). The number of halogens is 1. The van der Waals surface area contributed by atoms with Crippen molar-refractivity contribution in [2.75, 3.05) is 0 Å². The summed E-state index contributed by atoms with van der Waals surface area (Å²) in [6.07, 6.45) is 4.83. The number of aromatic nitrogens is 6. The standard InChI is InChI=1S/C21H16FN7O/c1-14-3-2-4-17(9-14)29-20-18(11-24-29)21-26-19(27-28(21)13-23-20)12-30-25-10-15-5-7-16(22)8-6-15/h2-11,13H,12H2,1H3. The minimum atomic E-state index is -0.299. The van der Waals surface area contributed by atoms with Gasteiger partial charge in [0, 0.05) is 0 Å². The average Bonchev–Trinajstić information content (AvgIpc) is 3.36. The van der Waals surface area contributed by atoms with E-state index in [-0.39, 0.29) is 12.4 Å². The fraction of sp³-hybridized carbons (Fsp3) is 0.0952. The molecule has 3 heterocycles. The highest BCUT2D eigenvalue weighted by Crippen LogP contribution is 2.20. The van der Waals surface area contributed by atoms with Gasteiger partial charge in [0.2, 0.25) is 0 Å². The second-order valence-corrected chi connectivity index (χ2v) is 6.73. The van der Waals surface area contributed by atoms with Crippen molar-refractivity contribution in [1.82, 2.24) is 29.4 Å². The zero-order valence-corrected chi connectivity index (χ0v) is 16.0. The molecule has 0 bridgehead atoms. The van der Waals surface area contributed by atoms with Crippen LogP contribution in [0.25, 0.3) is 22.4 Å². The maximum Gasteiger partial charge on any atom is 0.192 e. The van der Waals surface area contributed by atoms with Crippen molar-refractivity contribution in [1.29, 1.82) is 0 Å². The van der Waals surface area contributed by atoms with E-state index in [2.05, 4.69) is 25.3 Å². The molecule has 0 aliphatic heterocycles. The average molecular weight is 401 g/mol. The van der Waals surface area contributed by atoms with Crippen molar-refractivity contribution in [3.8, 4) is 5.69 Å². The van der Waals surface area contributed by atoms with E-state index in [1.165, 1.54) is 18.3 Å². The molecule has 9 heteroatoms. The van der Waals surface area contributed by atoms with Gasteiger partial charge in [-0.1, -0.05) is 29.4 Å². The summed E-state index contributed by atoms with van der Waals surface area (Å²) >= 11 is 0. The Balaban J connectivity index is 1.39. The number of benzene rings is 2. The molecule has 0 spiro atoms. The Morgan fingerprint density at radius 3 is 2.83 bits per heavy atom. The van der Waals surface area contributed by atoms with Crippen LogP contribution in [-0.2, 0) is 11.4 Å². The first-order valence-corrected chi connectivity index (χ1v) is 9.23. The van der Waals surface area contributed by atoms with Gasteiger partial charge in [-0.15, -0.1) is 5.10 Å². The minimum Gasteiger partial charge on any atom is -0.387 e. The number of hydrogen-bond acceptors (Lipinski definition) is 6. The molecule has 0 aliphatic carbocycles. The lowest BCUT2D eigenvalue weighted by atomic mass is 10.2. The Hall–Kier alpha value is -4.14. The minimum absolute atomic E-state index is 0.0902. The molecular weight excluding hydrogens is 385 g/mol. The number of oxime groups is 1. The SMILES string of the molecule is Cc1cccc(-n2ncc3c2ncn2nc(CON=Cc4ccc(F)cc4)nc32)c1. The summed E-state index contributed by atoms with van der Waals surface area (Å²) in [7, 11) is 0. The van der Waals surface area contributed by atoms with Crippen molar-refractivity contribution in [3.63, 3.8) is 0 Å². The van der Waals surface area contributed by atoms with E-state index in [0.717, 1.165) is 22.2 Å². The fourth-order valence-corrected chi connectivity index (χ4v) is 3.12. The van der Waals surface area contributed by atoms with Crippen LogP contribution in [0.15, 0.2) is 66.2 Å². The predicted molar refractivity (Wildman–Crippen MR) is 109 cm³/mol. The molecule has 0 unspecified atom stereocenters. The molecule has 0 saturated heterocycles. The number of rotatable bonds is 5. The third-order valence-corrected chi connectivity index (χ3v) is 4.54. The van der Waals surface area contributed by atoms with Gasteiger partial charge in [-0.25, -0.2) is 23.6 Å². The molecule has 2 aromatic carbocycles. The van der Waals surface area contributed by atoms with Crippen LogP contribution >= 0.6 is 0 Å². The van der Waals surface area contributed by atoms with Gasteiger partial charge in [0.1, 0.15) is 12.1 Å². The molecule has 0 atom stereocenters. The number of nitrogens with zero attached hydrogens (tertiary/aromatic N) is 7. The summed E-state index contributed by atoms with van der Waals surface area (Å²) in [5.74, 6) is 0.163. The smallest absolute Gasteiger partial charge is 0.192 e. The van der Waals surface area contributed by atoms with Crippen molar-refractivity contribution in [2.45, 2.75) is 13.5 Å². The first kappa shape index (κ1) is 17.9. The van der Waals surface area contributed by atoms with Gasteiger partial charge in [0.15, 0.2) is 23.7 Å². The molecule has 8 nitrogen and oxygen atoms in total. The monoisotopic (exact) mass is 401 g/mol. The second-order valence-electron chi connectivity index (χ2n) is 6.73. The van der Waals surface area contributed by atoms with Gasteiger partial charge in [-0.2, -0.15) is 5.10 Å². The third-order valence-electron chi connectivity index (χ3n) is 4.54. The van der Waals surface area contributed by atoms with Gasteiger partial charge < -0.3 is 4.84 Å². The lowest BCUT2D eigenvalue weighted by Crippen LogP contribution is -1.99. The summed E-state index contributed by atoms with van der Waals surface area (Å²) in [4.78, 5) is 14.3. The molecule has 0 saturated carbocycles. The number of fused-ring (bicyclic) bond motifs is 3. The maximum absolute atomic E-state index is 12.9. The zero-order valence-electron chi connectivity index (χ0n) is 16.0. The van der Waals surface area contributed by atoms with Gasteiger partial charge in [-0.3, -0.25) is 0 Å². The molecule has 0 fully saturated rings. The third kappa shape index (κ3) is 3.37. The van der Waals surface area contributed by atoms with Gasteiger partial charge in [0.25, 0.3) is 0 Å². The molecule has 0 aliphatic rings. The van der Waals surface area contributed by atoms with Gasteiger partial charge in [0.05, 0.1) is 23.5 Å². The molecule has 3 aromatic heterocycles. The lowest BCUT2D eigenvalue weighted by molar-refractivity contribution is 0.126. The molecule has 0 radical (unpaired) electrons. The Morgan fingerprint density at radius 2 is 2.00 bits per heavy atom. The fourth-order valence-electron chi connectivity index (χ4n) is 3.12. The quantitative estimate of drug-likeness (QED) is 0.333. The summed E-state index contributed by atoms with van der Waals surface area (Å²) in [6, 6.07) is 14.0. The Kier molecular flexibility index (Phi) is 4.40. The van der Waals surface area contributed by atoms with Crippen molar-refractivity contribution >= 4 is 22.9 Å². The number of aryl methyl sites for hydroxylation is 1.